The van der Waals surface area contributed by atoms with Crippen molar-refractivity contribution >= 4 is 11.6 Å². The normalized spacial score (nSPS) is 20.0. The Morgan fingerprint density at radius 2 is 2.40 bits per heavy atom. The lowest BCUT2D eigenvalue weighted by atomic mass is 10.0. The molecule has 1 saturated heterocycles. The number of hydrogen-bond donors (Lipinski definition) is 1. The summed E-state index contributed by atoms with van der Waals surface area (Å²) in [5, 5.41) is 3.96. The number of nitrogens with zero attached hydrogens (tertiary/aromatic N) is 1. The molecule has 0 aliphatic carbocycles. The Morgan fingerprint density at radius 3 is 3.05 bits per heavy atom. The smallest absolute Gasteiger partial charge is 0.235 e. The van der Waals surface area contributed by atoms with Gasteiger partial charge in [0.15, 0.2) is 6.10 Å². The van der Waals surface area contributed by atoms with E-state index in [4.69, 9.17) is 20.8 Å². The highest BCUT2D eigenvalue weighted by Gasteiger charge is 2.31. The summed E-state index contributed by atoms with van der Waals surface area (Å²) in [6, 6.07) is 5.78. The van der Waals surface area contributed by atoms with Crippen molar-refractivity contribution < 1.29 is 9.15 Å². The van der Waals surface area contributed by atoms with Crippen molar-refractivity contribution in [3.63, 3.8) is 0 Å². The topological polar surface area (TPSA) is 47.3 Å². The third kappa shape index (κ3) is 2.81. The van der Waals surface area contributed by atoms with Crippen LogP contribution >= 0.6 is 11.6 Å². The first-order valence-corrected chi connectivity index (χ1v) is 7.15. The number of nitrogens with one attached hydrogen (secondary N) is 1. The molecule has 2 heterocycles. The van der Waals surface area contributed by atoms with Crippen LogP contribution in [0.5, 0.6) is 5.75 Å². The molecule has 3 rings (SSSR count). The molecule has 2 atom stereocenters. The second-order valence-corrected chi connectivity index (χ2v) is 5.50. The quantitative estimate of drug-likeness (QED) is 0.938. The molecule has 2 aromatic rings. The summed E-state index contributed by atoms with van der Waals surface area (Å²) >= 11 is 6.25. The molecule has 1 unspecified atom stereocenters. The lowest BCUT2D eigenvalue weighted by Gasteiger charge is -2.22. The number of aryl methyl sites for hydroxylation is 1. The van der Waals surface area contributed by atoms with E-state index < -0.39 is 0 Å². The Kier molecular flexibility index (Phi) is 3.94. The summed E-state index contributed by atoms with van der Waals surface area (Å²) in [7, 11) is 0. The Bertz CT molecular complexity index is 565. The number of oxazole rings is 1. The molecule has 1 fully saturated rings. The fraction of sp³-hybridized carbons (Fsp3) is 0.400. The first kappa shape index (κ1) is 13.5. The van der Waals surface area contributed by atoms with Gasteiger partial charge >= 0.3 is 0 Å². The number of ether oxygens (including phenoxy) is 1. The van der Waals surface area contributed by atoms with Crippen LogP contribution in [0.1, 0.15) is 24.0 Å². The first-order chi connectivity index (χ1) is 9.74. The van der Waals surface area contributed by atoms with Gasteiger partial charge in [0.05, 0.1) is 11.2 Å². The zero-order chi connectivity index (χ0) is 13.9. The summed E-state index contributed by atoms with van der Waals surface area (Å²) in [5.74, 6) is 1.62. The minimum atomic E-state index is -0.208. The number of aromatic nitrogens is 1. The second kappa shape index (κ2) is 5.85. The highest BCUT2D eigenvalue weighted by Crippen LogP contribution is 2.34. The zero-order valence-electron chi connectivity index (χ0n) is 11.3. The van der Waals surface area contributed by atoms with Gasteiger partial charge in [0.1, 0.15) is 12.0 Å². The van der Waals surface area contributed by atoms with E-state index >= 15 is 0 Å². The van der Waals surface area contributed by atoms with Crippen molar-refractivity contribution in [2.75, 3.05) is 13.1 Å². The molecule has 1 aromatic carbocycles. The van der Waals surface area contributed by atoms with E-state index in [2.05, 4.69) is 10.3 Å². The Labute approximate surface area is 123 Å². The summed E-state index contributed by atoms with van der Waals surface area (Å²) in [5.41, 5.74) is 1.11. The standard InChI is InChI=1S/C15H17ClN2O2/c1-10-2-3-13(12(16)8-10)20-14(11-4-5-17-9-11)15-18-6-7-19-15/h2-3,6-8,11,14,17H,4-5,9H2,1H3/t11?,14-/m0/s1. The van der Waals surface area contributed by atoms with Gasteiger partial charge in [-0.15, -0.1) is 0 Å². The monoisotopic (exact) mass is 292 g/mol. The van der Waals surface area contributed by atoms with Gasteiger partial charge in [-0.25, -0.2) is 4.98 Å². The number of hydrogen-bond acceptors (Lipinski definition) is 4. The van der Waals surface area contributed by atoms with Crippen molar-refractivity contribution in [1.82, 2.24) is 10.3 Å². The van der Waals surface area contributed by atoms with Crippen LogP contribution in [-0.2, 0) is 0 Å². The van der Waals surface area contributed by atoms with E-state index in [9.17, 15) is 0 Å². The summed E-state index contributed by atoms with van der Waals surface area (Å²) in [6.07, 6.45) is 4.05. The lowest BCUT2D eigenvalue weighted by molar-refractivity contribution is 0.114. The average molecular weight is 293 g/mol. The molecule has 1 aliphatic heterocycles. The van der Waals surface area contributed by atoms with E-state index in [1.54, 1.807) is 12.5 Å². The van der Waals surface area contributed by atoms with Crippen molar-refractivity contribution in [3.8, 4) is 5.75 Å². The van der Waals surface area contributed by atoms with Crippen molar-refractivity contribution in [2.45, 2.75) is 19.4 Å². The van der Waals surface area contributed by atoms with E-state index in [-0.39, 0.29) is 6.10 Å². The molecule has 0 spiro atoms. The molecule has 20 heavy (non-hydrogen) atoms. The summed E-state index contributed by atoms with van der Waals surface area (Å²) in [6.45, 7) is 3.89. The first-order valence-electron chi connectivity index (χ1n) is 6.77. The van der Waals surface area contributed by atoms with Crippen molar-refractivity contribution in [2.24, 2.45) is 5.92 Å². The van der Waals surface area contributed by atoms with Crippen molar-refractivity contribution in [1.29, 1.82) is 0 Å². The zero-order valence-corrected chi connectivity index (χ0v) is 12.1. The summed E-state index contributed by atoms with van der Waals surface area (Å²) < 4.78 is 11.5. The number of benzene rings is 1. The van der Waals surface area contributed by atoms with Crippen LogP contribution in [0.25, 0.3) is 0 Å². The molecule has 1 aromatic heterocycles. The molecule has 1 aliphatic rings. The van der Waals surface area contributed by atoms with Crippen LogP contribution in [0, 0.1) is 12.8 Å². The maximum absolute atomic E-state index is 6.25. The number of halogens is 1. The fourth-order valence-electron chi connectivity index (χ4n) is 2.50. The molecular weight excluding hydrogens is 276 g/mol. The molecule has 0 bridgehead atoms. The average Bonchev–Trinajstić information content (AvgIpc) is 3.11. The SMILES string of the molecule is Cc1ccc(O[C@H](c2ncco2)C2CCNC2)c(Cl)c1. The third-order valence-corrected chi connectivity index (χ3v) is 3.86. The minimum Gasteiger partial charge on any atom is -0.479 e. The maximum atomic E-state index is 6.25. The van der Waals surface area contributed by atoms with Crippen LogP contribution in [0.15, 0.2) is 35.1 Å². The van der Waals surface area contributed by atoms with E-state index in [1.807, 2.05) is 25.1 Å². The van der Waals surface area contributed by atoms with Crippen LogP contribution in [0.2, 0.25) is 5.02 Å². The Balaban J connectivity index is 1.86. The van der Waals surface area contributed by atoms with Gasteiger partial charge in [0, 0.05) is 12.5 Å². The molecule has 106 valence electrons. The molecule has 0 saturated carbocycles. The van der Waals surface area contributed by atoms with Gasteiger partial charge < -0.3 is 14.5 Å². The lowest BCUT2D eigenvalue weighted by Crippen LogP contribution is -2.21. The molecule has 4 nitrogen and oxygen atoms in total. The molecular formula is C15H17ClN2O2. The van der Waals surface area contributed by atoms with E-state index in [0.29, 0.717) is 22.6 Å². The van der Waals surface area contributed by atoms with Gasteiger partial charge in [-0.2, -0.15) is 0 Å². The molecule has 0 amide bonds. The molecule has 0 radical (unpaired) electrons. The van der Waals surface area contributed by atoms with Gasteiger partial charge in [-0.3, -0.25) is 0 Å². The Hall–Kier alpha value is -1.52. The van der Waals surface area contributed by atoms with Gasteiger partial charge in [0.2, 0.25) is 5.89 Å². The summed E-state index contributed by atoms with van der Waals surface area (Å²) in [4.78, 5) is 4.24. The maximum Gasteiger partial charge on any atom is 0.235 e. The highest BCUT2D eigenvalue weighted by atomic mass is 35.5. The van der Waals surface area contributed by atoms with Gasteiger partial charge in [-0.1, -0.05) is 17.7 Å². The third-order valence-electron chi connectivity index (χ3n) is 3.56. The minimum absolute atomic E-state index is 0.208. The van der Waals surface area contributed by atoms with Crippen LogP contribution in [0.3, 0.4) is 0 Å². The van der Waals surface area contributed by atoms with Gasteiger partial charge in [-0.05, 0) is 37.6 Å². The van der Waals surface area contributed by atoms with Crippen LogP contribution < -0.4 is 10.1 Å². The molecule has 1 N–H and O–H groups in total. The van der Waals surface area contributed by atoms with Crippen LogP contribution in [0.4, 0.5) is 0 Å². The Morgan fingerprint density at radius 1 is 1.50 bits per heavy atom. The van der Waals surface area contributed by atoms with Gasteiger partial charge in [0.25, 0.3) is 0 Å². The fourth-order valence-corrected chi connectivity index (χ4v) is 2.78. The second-order valence-electron chi connectivity index (χ2n) is 5.10. The highest BCUT2D eigenvalue weighted by molar-refractivity contribution is 6.32. The predicted octanol–water partition coefficient (Wildman–Crippen LogP) is 3.37. The van der Waals surface area contributed by atoms with Crippen LogP contribution in [-0.4, -0.2) is 18.1 Å². The number of rotatable bonds is 4. The van der Waals surface area contributed by atoms with E-state index in [0.717, 1.165) is 25.1 Å². The van der Waals surface area contributed by atoms with Crippen molar-refractivity contribution in [3.05, 3.63) is 47.1 Å². The predicted molar refractivity (Wildman–Crippen MR) is 77.0 cm³/mol. The van der Waals surface area contributed by atoms with E-state index in [1.165, 1.54) is 0 Å². The molecule has 5 heteroatoms. The largest absolute Gasteiger partial charge is 0.479 e.